The Labute approximate surface area is 167 Å². The van der Waals surface area contributed by atoms with Gasteiger partial charge in [-0.05, 0) is 41.8 Å². The maximum Gasteiger partial charge on any atom is 0.323 e. The third kappa shape index (κ3) is 3.23. The van der Waals surface area contributed by atoms with Gasteiger partial charge >= 0.3 is 5.69 Å². The summed E-state index contributed by atoms with van der Waals surface area (Å²) in [6, 6.07) is 18.5. The van der Waals surface area contributed by atoms with E-state index in [0.717, 1.165) is 10.6 Å². The van der Waals surface area contributed by atoms with E-state index < -0.39 is 5.91 Å². The number of rotatable bonds is 4. The molecule has 0 aliphatic carbocycles. The molecule has 0 aliphatic rings. The molecule has 1 amide bonds. The molecular weight excluding hydrogens is 388 g/mol. The molecule has 0 aliphatic heterocycles. The number of hydrogen-bond acceptors (Lipinski definition) is 5. The van der Waals surface area contributed by atoms with E-state index in [4.69, 9.17) is 0 Å². The minimum absolute atomic E-state index is 0.0555. The van der Waals surface area contributed by atoms with Gasteiger partial charge in [-0.15, -0.1) is 16.4 Å². The van der Waals surface area contributed by atoms with Crippen molar-refractivity contribution < 1.29 is 4.79 Å². The Balaban J connectivity index is 1.51. The highest BCUT2D eigenvalue weighted by Gasteiger charge is 2.19. The molecule has 5 aromatic rings. The van der Waals surface area contributed by atoms with Gasteiger partial charge in [-0.25, -0.2) is 14.5 Å². The number of nitrogens with one attached hydrogen (secondary N) is 3. The summed E-state index contributed by atoms with van der Waals surface area (Å²) in [6.45, 7) is 0. The quantitative estimate of drug-likeness (QED) is 0.428. The first-order valence-corrected chi connectivity index (χ1v) is 9.65. The van der Waals surface area contributed by atoms with Crippen LogP contribution in [-0.2, 0) is 0 Å². The van der Waals surface area contributed by atoms with E-state index in [2.05, 4.69) is 25.4 Å². The van der Waals surface area contributed by atoms with E-state index in [1.54, 1.807) is 22.9 Å². The number of aromatic amines is 2. The van der Waals surface area contributed by atoms with E-state index in [1.165, 1.54) is 11.3 Å². The Bertz CT molecular complexity index is 1370. The molecule has 0 saturated heterocycles. The fourth-order valence-electron chi connectivity index (χ4n) is 3.02. The molecule has 3 heterocycles. The van der Waals surface area contributed by atoms with Gasteiger partial charge in [0.25, 0.3) is 5.91 Å². The van der Waals surface area contributed by atoms with Crippen molar-refractivity contribution in [1.29, 1.82) is 0 Å². The number of amides is 1. The highest BCUT2D eigenvalue weighted by molar-refractivity contribution is 7.13. The molecule has 2 aromatic carbocycles. The number of anilines is 1. The second kappa shape index (κ2) is 6.88. The van der Waals surface area contributed by atoms with Gasteiger partial charge in [0, 0.05) is 5.69 Å². The number of imidazole rings is 1. The second-order valence-electron chi connectivity index (χ2n) is 6.28. The molecule has 0 fully saturated rings. The van der Waals surface area contributed by atoms with Gasteiger partial charge in [0.15, 0.2) is 5.82 Å². The summed E-state index contributed by atoms with van der Waals surface area (Å²) in [5.74, 6) is 0.219. The predicted octanol–water partition coefficient (Wildman–Crippen LogP) is 3.42. The van der Waals surface area contributed by atoms with Crippen LogP contribution in [0.4, 0.5) is 5.69 Å². The second-order valence-corrected chi connectivity index (χ2v) is 7.22. The van der Waals surface area contributed by atoms with E-state index in [9.17, 15) is 9.59 Å². The lowest BCUT2D eigenvalue weighted by molar-refractivity contribution is 0.101. The van der Waals surface area contributed by atoms with Crippen LogP contribution in [0.15, 0.2) is 70.8 Å². The standard InChI is InChI=1S/C20H14N6O2S/c27-19(21-12-8-9-14-15(11-12)23-20(28)22-14)17-24-18(16-7-4-10-29-16)26(25-17)13-5-2-1-3-6-13/h1-11H,(H,21,27)(H2,22,23,28). The molecule has 8 nitrogen and oxygen atoms in total. The maximum atomic E-state index is 12.8. The Morgan fingerprint density at radius 2 is 1.83 bits per heavy atom. The molecule has 9 heteroatoms. The molecule has 0 unspecified atom stereocenters. The summed E-state index contributed by atoms with van der Waals surface area (Å²) < 4.78 is 1.66. The molecule has 0 spiro atoms. The first-order chi connectivity index (χ1) is 14.2. The Morgan fingerprint density at radius 1 is 1.00 bits per heavy atom. The molecule has 0 saturated carbocycles. The third-order valence-electron chi connectivity index (χ3n) is 4.33. The minimum Gasteiger partial charge on any atom is -0.319 e. The summed E-state index contributed by atoms with van der Waals surface area (Å²) in [5, 5.41) is 9.17. The van der Waals surface area contributed by atoms with Crippen molar-refractivity contribution in [1.82, 2.24) is 24.7 Å². The van der Waals surface area contributed by atoms with E-state index >= 15 is 0 Å². The highest BCUT2D eigenvalue weighted by atomic mass is 32.1. The monoisotopic (exact) mass is 402 g/mol. The van der Waals surface area contributed by atoms with Crippen molar-refractivity contribution in [2.75, 3.05) is 5.32 Å². The molecule has 5 rings (SSSR count). The molecule has 3 aromatic heterocycles. The van der Waals surface area contributed by atoms with Gasteiger partial charge in [0.05, 0.1) is 21.6 Å². The molecule has 29 heavy (non-hydrogen) atoms. The van der Waals surface area contributed by atoms with Crippen LogP contribution in [0.25, 0.3) is 27.4 Å². The van der Waals surface area contributed by atoms with Gasteiger partial charge in [0.2, 0.25) is 5.82 Å². The van der Waals surface area contributed by atoms with Crippen molar-refractivity contribution in [3.05, 3.63) is 82.4 Å². The lowest BCUT2D eigenvalue weighted by Crippen LogP contribution is -2.14. The van der Waals surface area contributed by atoms with Gasteiger partial charge in [-0.3, -0.25) is 4.79 Å². The average Bonchev–Trinajstić information content (AvgIpc) is 3.46. The first-order valence-electron chi connectivity index (χ1n) is 8.77. The molecule has 0 radical (unpaired) electrons. The van der Waals surface area contributed by atoms with Crippen molar-refractivity contribution in [3.63, 3.8) is 0 Å². The van der Waals surface area contributed by atoms with Crippen LogP contribution in [0.1, 0.15) is 10.6 Å². The average molecular weight is 402 g/mol. The number of thiophene rings is 1. The maximum absolute atomic E-state index is 12.8. The Kier molecular flexibility index (Phi) is 4.07. The molecule has 0 bridgehead atoms. The van der Waals surface area contributed by atoms with Gasteiger partial charge < -0.3 is 15.3 Å². The van der Waals surface area contributed by atoms with Crippen LogP contribution >= 0.6 is 11.3 Å². The van der Waals surface area contributed by atoms with Crippen molar-refractivity contribution in [2.45, 2.75) is 0 Å². The van der Waals surface area contributed by atoms with Gasteiger partial charge in [0.1, 0.15) is 0 Å². The van der Waals surface area contributed by atoms with Crippen molar-refractivity contribution >= 4 is 34.0 Å². The summed E-state index contributed by atoms with van der Waals surface area (Å²) in [7, 11) is 0. The Hall–Kier alpha value is -3.98. The topological polar surface area (TPSA) is 108 Å². The zero-order valence-corrected chi connectivity index (χ0v) is 15.7. The molecule has 3 N–H and O–H groups in total. The number of H-pyrrole nitrogens is 2. The summed E-state index contributed by atoms with van der Waals surface area (Å²) in [5.41, 5.74) is 2.32. The van der Waals surface area contributed by atoms with Gasteiger partial charge in [-0.2, -0.15) is 0 Å². The number of aromatic nitrogens is 5. The highest BCUT2D eigenvalue weighted by Crippen LogP contribution is 2.26. The number of nitrogens with zero attached hydrogens (tertiary/aromatic N) is 3. The third-order valence-corrected chi connectivity index (χ3v) is 5.19. The van der Waals surface area contributed by atoms with E-state index in [1.807, 2.05) is 47.8 Å². The van der Waals surface area contributed by atoms with Crippen LogP contribution < -0.4 is 11.0 Å². The summed E-state index contributed by atoms with van der Waals surface area (Å²) in [4.78, 5) is 34.9. The normalized spacial score (nSPS) is 11.0. The molecular formula is C20H14N6O2S. The lowest BCUT2D eigenvalue weighted by atomic mass is 10.2. The summed E-state index contributed by atoms with van der Waals surface area (Å²) >= 11 is 1.53. The molecule has 0 atom stereocenters. The number of carbonyl (C=O) groups is 1. The van der Waals surface area contributed by atoms with Crippen LogP contribution in [0, 0.1) is 0 Å². The molecule has 142 valence electrons. The van der Waals surface area contributed by atoms with Crippen molar-refractivity contribution in [2.24, 2.45) is 0 Å². The summed E-state index contributed by atoms with van der Waals surface area (Å²) in [6.07, 6.45) is 0. The van der Waals surface area contributed by atoms with Gasteiger partial charge in [-0.1, -0.05) is 24.3 Å². The number of fused-ring (bicyclic) bond motifs is 1. The lowest BCUT2D eigenvalue weighted by Gasteiger charge is -2.03. The van der Waals surface area contributed by atoms with Crippen LogP contribution in [-0.4, -0.2) is 30.6 Å². The number of para-hydroxylation sites is 1. The van der Waals surface area contributed by atoms with Crippen LogP contribution in [0.3, 0.4) is 0 Å². The van der Waals surface area contributed by atoms with Crippen LogP contribution in [0.5, 0.6) is 0 Å². The van der Waals surface area contributed by atoms with E-state index in [0.29, 0.717) is 22.5 Å². The largest absolute Gasteiger partial charge is 0.323 e. The number of hydrogen-bond donors (Lipinski definition) is 3. The fraction of sp³-hybridized carbons (Fsp3) is 0. The zero-order chi connectivity index (χ0) is 19.8. The predicted molar refractivity (Wildman–Crippen MR) is 112 cm³/mol. The Morgan fingerprint density at radius 3 is 2.62 bits per heavy atom. The smallest absolute Gasteiger partial charge is 0.319 e. The SMILES string of the molecule is O=C(Nc1ccc2[nH]c(=O)[nH]c2c1)c1nc(-c2cccs2)n(-c2ccccc2)n1. The van der Waals surface area contributed by atoms with Crippen molar-refractivity contribution in [3.8, 4) is 16.4 Å². The zero-order valence-electron chi connectivity index (χ0n) is 14.9. The van der Waals surface area contributed by atoms with Crippen LogP contribution in [0.2, 0.25) is 0 Å². The first kappa shape index (κ1) is 17.1. The van der Waals surface area contributed by atoms with E-state index in [-0.39, 0.29) is 11.5 Å². The fourth-order valence-corrected chi connectivity index (χ4v) is 3.72. The number of benzene rings is 2. The minimum atomic E-state index is -0.435. The number of carbonyl (C=O) groups excluding carboxylic acids is 1.